The molecule has 0 spiro atoms. The fourth-order valence-corrected chi connectivity index (χ4v) is 5.67. The van der Waals surface area contributed by atoms with Gasteiger partial charge in [-0.25, -0.2) is 0 Å². The molecule has 1 heterocycles. The van der Waals surface area contributed by atoms with Crippen molar-refractivity contribution >= 4 is 23.5 Å². The van der Waals surface area contributed by atoms with Crippen LogP contribution in [0.3, 0.4) is 0 Å². The lowest BCUT2D eigenvalue weighted by Gasteiger charge is -2.39. The molecule has 1 fully saturated rings. The average Bonchev–Trinajstić information content (AvgIpc) is 2.48. The molecule has 0 N–H and O–H groups in total. The summed E-state index contributed by atoms with van der Waals surface area (Å²) in [6.07, 6.45) is -0.373. The molecule has 1 aliphatic heterocycles. The van der Waals surface area contributed by atoms with Crippen molar-refractivity contribution in [2.45, 2.75) is 45.7 Å². The number of morpholine rings is 1. The quantitative estimate of drug-likeness (QED) is 0.592. The molecule has 5 nitrogen and oxygen atoms in total. The van der Waals surface area contributed by atoms with Crippen molar-refractivity contribution in [1.29, 1.82) is 0 Å². The molecular formula is C17H27BrNO4P. The summed E-state index contributed by atoms with van der Waals surface area (Å²) in [5, 5.41) is 0. The van der Waals surface area contributed by atoms with Crippen LogP contribution in [-0.4, -0.2) is 43.4 Å². The normalized spacial score (nSPS) is 18.3. The molecule has 1 saturated heterocycles. The van der Waals surface area contributed by atoms with Crippen LogP contribution < -0.4 is 0 Å². The van der Waals surface area contributed by atoms with Crippen molar-refractivity contribution in [3.63, 3.8) is 0 Å². The second-order valence-corrected chi connectivity index (χ2v) is 9.33. The summed E-state index contributed by atoms with van der Waals surface area (Å²) < 4.78 is 32.0. The molecule has 0 saturated carbocycles. The first-order valence-corrected chi connectivity index (χ1v) is 10.8. The summed E-state index contributed by atoms with van der Waals surface area (Å²) in [6, 6.07) is 7.87. The third-order valence-electron chi connectivity index (χ3n) is 3.57. The SMILES string of the molecule is CC(C)OP(=O)(OC(C)C)C(c1ccc(Br)cc1)N1CCOCC1. The minimum Gasteiger partial charge on any atom is -0.379 e. The fourth-order valence-electron chi connectivity index (χ4n) is 2.78. The van der Waals surface area contributed by atoms with E-state index < -0.39 is 13.4 Å². The van der Waals surface area contributed by atoms with Gasteiger partial charge in [0.2, 0.25) is 0 Å². The van der Waals surface area contributed by atoms with Crippen molar-refractivity contribution < 1.29 is 18.3 Å². The molecule has 2 rings (SSSR count). The Labute approximate surface area is 153 Å². The molecule has 24 heavy (non-hydrogen) atoms. The maximum absolute atomic E-state index is 13.8. The molecule has 136 valence electrons. The summed E-state index contributed by atoms with van der Waals surface area (Å²) in [7, 11) is -3.39. The second kappa shape index (κ2) is 8.93. The minimum atomic E-state index is -3.39. The number of hydrogen-bond acceptors (Lipinski definition) is 5. The highest BCUT2D eigenvalue weighted by Gasteiger charge is 2.43. The van der Waals surface area contributed by atoms with E-state index in [9.17, 15) is 4.57 Å². The van der Waals surface area contributed by atoms with Gasteiger partial charge in [-0.05, 0) is 45.4 Å². The van der Waals surface area contributed by atoms with Crippen LogP contribution in [0, 0.1) is 0 Å². The van der Waals surface area contributed by atoms with Crippen molar-refractivity contribution in [3.8, 4) is 0 Å². The number of rotatable bonds is 7. The highest BCUT2D eigenvalue weighted by molar-refractivity contribution is 9.10. The molecule has 0 radical (unpaired) electrons. The Morgan fingerprint density at radius 2 is 1.54 bits per heavy atom. The Morgan fingerprint density at radius 1 is 1.04 bits per heavy atom. The van der Waals surface area contributed by atoms with Crippen molar-refractivity contribution in [3.05, 3.63) is 34.3 Å². The van der Waals surface area contributed by atoms with Gasteiger partial charge in [-0.1, -0.05) is 28.1 Å². The Morgan fingerprint density at radius 3 is 2.00 bits per heavy atom. The first-order chi connectivity index (χ1) is 11.3. The summed E-state index contributed by atoms with van der Waals surface area (Å²) in [4.78, 5) is 2.15. The molecule has 0 aromatic heterocycles. The van der Waals surface area contributed by atoms with Crippen LogP contribution in [0.15, 0.2) is 28.7 Å². The predicted octanol–water partition coefficient (Wildman–Crippen LogP) is 4.82. The van der Waals surface area contributed by atoms with Crippen LogP contribution in [0.5, 0.6) is 0 Å². The van der Waals surface area contributed by atoms with Gasteiger partial charge in [-0.15, -0.1) is 0 Å². The van der Waals surface area contributed by atoms with Crippen LogP contribution in [0.2, 0.25) is 0 Å². The Bertz CT molecular complexity index is 544. The third-order valence-corrected chi connectivity index (χ3v) is 6.76. The van der Waals surface area contributed by atoms with Gasteiger partial charge in [0.1, 0.15) is 5.78 Å². The van der Waals surface area contributed by atoms with Crippen LogP contribution in [0.25, 0.3) is 0 Å². The van der Waals surface area contributed by atoms with Gasteiger partial charge in [0.05, 0.1) is 25.4 Å². The molecule has 0 bridgehead atoms. The predicted molar refractivity (Wildman–Crippen MR) is 99.3 cm³/mol. The molecule has 7 heteroatoms. The standard InChI is InChI=1S/C17H27BrNO4P/c1-13(2)22-24(20,23-14(3)4)17(19-9-11-21-12-10-19)15-5-7-16(18)8-6-15/h5-8,13-14,17H,9-12H2,1-4H3. The minimum absolute atomic E-state index is 0.187. The highest BCUT2D eigenvalue weighted by Crippen LogP contribution is 2.63. The van der Waals surface area contributed by atoms with Crippen LogP contribution in [-0.2, 0) is 18.3 Å². The lowest BCUT2D eigenvalue weighted by Crippen LogP contribution is -2.40. The number of benzene rings is 1. The molecule has 1 aromatic rings. The van der Waals surface area contributed by atoms with E-state index in [1.165, 1.54) is 0 Å². The molecular weight excluding hydrogens is 393 g/mol. The van der Waals surface area contributed by atoms with Crippen LogP contribution in [0.4, 0.5) is 0 Å². The van der Waals surface area contributed by atoms with Gasteiger partial charge in [-0.2, -0.15) is 0 Å². The number of halogens is 1. The number of nitrogens with zero attached hydrogens (tertiary/aromatic N) is 1. The number of ether oxygens (including phenoxy) is 1. The second-order valence-electron chi connectivity index (χ2n) is 6.42. The molecule has 1 unspecified atom stereocenters. The van der Waals surface area contributed by atoms with Gasteiger partial charge in [0.25, 0.3) is 0 Å². The van der Waals surface area contributed by atoms with E-state index in [0.29, 0.717) is 26.3 Å². The highest BCUT2D eigenvalue weighted by atomic mass is 79.9. The Kier molecular flexibility index (Phi) is 7.47. The first kappa shape index (κ1) is 20.1. The fraction of sp³-hybridized carbons (Fsp3) is 0.647. The molecule has 1 aromatic carbocycles. The van der Waals surface area contributed by atoms with Crippen molar-refractivity contribution in [2.75, 3.05) is 26.3 Å². The Hall–Kier alpha value is -0.230. The van der Waals surface area contributed by atoms with Gasteiger partial charge in [0, 0.05) is 17.6 Å². The topological polar surface area (TPSA) is 48.0 Å². The smallest absolute Gasteiger partial charge is 0.352 e. The third kappa shape index (κ3) is 5.38. The average molecular weight is 420 g/mol. The zero-order valence-electron chi connectivity index (χ0n) is 14.8. The summed E-state index contributed by atoms with van der Waals surface area (Å²) in [5.74, 6) is -0.431. The zero-order chi connectivity index (χ0) is 17.7. The largest absolute Gasteiger partial charge is 0.379 e. The van der Waals surface area contributed by atoms with Crippen molar-refractivity contribution in [2.24, 2.45) is 0 Å². The van der Waals surface area contributed by atoms with Gasteiger partial charge < -0.3 is 13.8 Å². The monoisotopic (exact) mass is 419 g/mol. The van der Waals surface area contributed by atoms with E-state index in [-0.39, 0.29) is 12.2 Å². The molecule has 1 atom stereocenters. The summed E-state index contributed by atoms with van der Waals surface area (Å²) in [6.45, 7) is 10.2. The maximum Gasteiger partial charge on any atom is 0.352 e. The van der Waals surface area contributed by atoms with E-state index in [1.807, 2.05) is 52.0 Å². The lowest BCUT2D eigenvalue weighted by atomic mass is 10.2. The Balaban J connectivity index is 2.44. The van der Waals surface area contributed by atoms with Gasteiger partial charge in [0.15, 0.2) is 0 Å². The van der Waals surface area contributed by atoms with Crippen molar-refractivity contribution in [1.82, 2.24) is 4.90 Å². The molecule has 1 aliphatic rings. The van der Waals surface area contributed by atoms with E-state index in [1.54, 1.807) is 0 Å². The summed E-state index contributed by atoms with van der Waals surface area (Å²) >= 11 is 3.46. The van der Waals surface area contributed by atoms with E-state index in [0.717, 1.165) is 10.0 Å². The van der Waals surface area contributed by atoms with E-state index in [2.05, 4.69) is 20.8 Å². The van der Waals surface area contributed by atoms with Crippen LogP contribution in [0.1, 0.15) is 39.0 Å². The van der Waals surface area contributed by atoms with E-state index in [4.69, 9.17) is 13.8 Å². The molecule has 0 aliphatic carbocycles. The van der Waals surface area contributed by atoms with Gasteiger partial charge in [-0.3, -0.25) is 9.46 Å². The zero-order valence-corrected chi connectivity index (χ0v) is 17.3. The first-order valence-electron chi connectivity index (χ1n) is 8.35. The lowest BCUT2D eigenvalue weighted by molar-refractivity contribution is 0.0199. The molecule has 0 amide bonds. The summed E-state index contributed by atoms with van der Waals surface area (Å²) in [5.41, 5.74) is 0.935. The maximum atomic E-state index is 13.8. The van der Waals surface area contributed by atoms with E-state index >= 15 is 0 Å². The number of hydrogen-bond donors (Lipinski definition) is 0. The van der Waals surface area contributed by atoms with Crippen LogP contribution >= 0.6 is 23.5 Å². The van der Waals surface area contributed by atoms with Gasteiger partial charge >= 0.3 is 7.60 Å².